The number of thiophene rings is 1. The minimum Gasteiger partial charge on any atom is -0.399 e. The zero-order valence-electron chi connectivity index (χ0n) is 10.4. The van der Waals surface area contributed by atoms with Crippen molar-refractivity contribution in [1.29, 1.82) is 0 Å². The molecule has 20 heavy (non-hydrogen) atoms. The number of nitrogens with one attached hydrogen (secondary N) is 2. The van der Waals surface area contributed by atoms with Crippen molar-refractivity contribution in [2.24, 2.45) is 0 Å². The lowest BCUT2D eigenvalue weighted by Crippen LogP contribution is -2.22. The number of aromatic amines is 1. The van der Waals surface area contributed by atoms with Gasteiger partial charge in [0.05, 0.1) is 6.54 Å². The second-order valence-corrected chi connectivity index (χ2v) is 6.26. The summed E-state index contributed by atoms with van der Waals surface area (Å²) >= 11 is 5.05. The predicted molar refractivity (Wildman–Crippen MR) is 85.9 cm³/mol. The zero-order valence-corrected chi connectivity index (χ0v) is 12.8. The largest absolute Gasteiger partial charge is 0.399 e. The van der Waals surface area contributed by atoms with E-state index in [2.05, 4.69) is 26.2 Å². The molecular weight excluding hydrogens is 338 g/mol. The van der Waals surface area contributed by atoms with Crippen LogP contribution >= 0.6 is 27.3 Å². The molecule has 0 aliphatic heterocycles. The first-order chi connectivity index (χ1) is 9.63. The van der Waals surface area contributed by atoms with Crippen LogP contribution in [-0.4, -0.2) is 10.9 Å². The monoisotopic (exact) mass is 349 g/mol. The topological polar surface area (TPSA) is 70.9 Å². The highest BCUT2D eigenvalue weighted by Gasteiger charge is 2.10. The van der Waals surface area contributed by atoms with Crippen LogP contribution in [0.1, 0.15) is 15.4 Å². The SMILES string of the molecule is Nc1ccc2[nH]c(C(=O)NCc3sccc3Br)cc2c1. The molecule has 0 radical (unpaired) electrons. The Balaban J connectivity index is 1.77. The number of hydrogen-bond donors (Lipinski definition) is 3. The molecule has 3 rings (SSSR count). The van der Waals surface area contributed by atoms with Gasteiger partial charge in [0.2, 0.25) is 0 Å². The Kier molecular flexibility index (Phi) is 3.50. The quantitative estimate of drug-likeness (QED) is 0.633. The molecule has 0 saturated heterocycles. The van der Waals surface area contributed by atoms with E-state index in [0.717, 1.165) is 20.3 Å². The van der Waals surface area contributed by atoms with Gasteiger partial charge in [-0.15, -0.1) is 11.3 Å². The number of H-pyrrole nitrogens is 1. The summed E-state index contributed by atoms with van der Waals surface area (Å²) in [6, 6.07) is 9.31. The summed E-state index contributed by atoms with van der Waals surface area (Å²) in [5.41, 5.74) is 7.86. The van der Waals surface area contributed by atoms with Crippen molar-refractivity contribution in [2.45, 2.75) is 6.54 Å². The van der Waals surface area contributed by atoms with Gasteiger partial charge in [-0.1, -0.05) is 0 Å². The van der Waals surface area contributed by atoms with Crippen LogP contribution in [0.4, 0.5) is 5.69 Å². The van der Waals surface area contributed by atoms with Crippen molar-refractivity contribution < 1.29 is 4.79 Å². The minimum atomic E-state index is -0.125. The van der Waals surface area contributed by atoms with Crippen LogP contribution in [0.5, 0.6) is 0 Å². The van der Waals surface area contributed by atoms with Crippen LogP contribution in [-0.2, 0) is 6.54 Å². The predicted octanol–water partition coefficient (Wildman–Crippen LogP) is 3.50. The lowest BCUT2D eigenvalue weighted by atomic mass is 10.2. The molecule has 1 aromatic carbocycles. The highest BCUT2D eigenvalue weighted by atomic mass is 79.9. The zero-order chi connectivity index (χ0) is 14.1. The molecule has 0 aliphatic carbocycles. The first-order valence-corrected chi connectivity index (χ1v) is 7.69. The molecule has 2 aromatic heterocycles. The average molecular weight is 350 g/mol. The van der Waals surface area contributed by atoms with E-state index in [9.17, 15) is 4.79 Å². The molecule has 0 bridgehead atoms. The van der Waals surface area contributed by atoms with Crippen molar-refractivity contribution in [3.05, 3.63) is 50.8 Å². The maximum absolute atomic E-state index is 12.1. The van der Waals surface area contributed by atoms with E-state index in [1.807, 2.05) is 35.7 Å². The summed E-state index contributed by atoms with van der Waals surface area (Å²) in [5, 5.41) is 5.82. The molecule has 0 saturated carbocycles. The molecule has 4 nitrogen and oxygen atoms in total. The molecule has 6 heteroatoms. The van der Waals surface area contributed by atoms with Gasteiger partial charge in [-0.05, 0) is 51.6 Å². The lowest BCUT2D eigenvalue weighted by Gasteiger charge is -2.02. The van der Waals surface area contributed by atoms with Crippen LogP contribution in [0.15, 0.2) is 40.2 Å². The summed E-state index contributed by atoms with van der Waals surface area (Å²) in [7, 11) is 0. The minimum absolute atomic E-state index is 0.125. The van der Waals surface area contributed by atoms with Crippen molar-refractivity contribution in [3.63, 3.8) is 0 Å². The van der Waals surface area contributed by atoms with E-state index < -0.39 is 0 Å². The average Bonchev–Trinajstić information content (AvgIpc) is 3.01. The maximum atomic E-state index is 12.1. The van der Waals surface area contributed by atoms with Gasteiger partial charge < -0.3 is 16.0 Å². The fourth-order valence-electron chi connectivity index (χ4n) is 1.98. The van der Waals surface area contributed by atoms with Gasteiger partial charge in [-0.3, -0.25) is 4.79 Å². The smallest absolute Gasteiger partial charge is 0.268 e. The summed E-state index contributed by atoms with van der Waals surface area (Å²) in [6.45, 7) is 0.509. The van der Waals surface area contributed by atoms with Gasteiger partial charge in [0, 0.05) is 25.9 Å². The molecule has 0 aliphatic rings. The molecule has 0 spiro atoms. The second-order valence-electron chi connectivity index (χ2n) is 4.40. The number of nitrogens with two attached hydrogens (primary N) is 1. The number of fused-ring (bicyclic) bond motifs is 1. The number of amides is 1. The Morgan fingerprint density at radius 1 is 1.35 bits per heavy atom. The van der Waals surface area contributed by atoms with Crippen LogP contribution in [0, 0.1) is 0 Å². The van der Waals surface area contributed by atoms with Crippen LogP contribution < -0.4 is 11.1 Å². The first-order valence-electron chi connectivity index (χ1n) is 6.02. The fourth-order valence-corrected chi connectivity index (χ4v) is 3.41. The Labute approximate surface area is 128 Å². The van der Waals surface area contributed by atoms with E-state index >= 15 is 0 Å². The Morgan fingerprint density at radius 3 is 2.95 bits per heavy atom. The number of carbonyl (C=O) groups excluding carboxylic acids is 1. The molecular formula is C14H12BrN3OS. The highest BCUT2D eigenvalue weighted by molar-refractivity contribution is 9.10. The van der Waals surface area contributed by atoms with Crippen molar-refractivity contribution in [3.8, 4) is 0 Å². The van der Waals surface area contributed by atoms with Crippen LogP contribution in [0.25, 0.3) is 10.9 Å². The summed E-state index contributed by atoms with van der Waals surface area (Å²) < 4.78 is 1.02. The molecule has 102 valence electrons. The summed E-state index contributed by atoms with van der Waals surface area (Å²) in [4.78, 5) is 16.3. The van der Waals surface area contributed by atoms with Crippen LogP contribution in [0.2, 0.25) is 0 Å². The van der Waals surface area contributed by atoms with Gasteiger partial charge in [-0.2, -0.15) is 0 Å². The fraction of sp³-hybridized carbons (Fsp3) is 0.0714. The normalized spacial score (nSPS) is 10.8. The van der Waals surface area contributed by atoms with Crippen molar-refractivity contribution >= 4 is 49.8 Å². The molecule has 4 N–H and O–H groups in total. The number of benzene rings is 1. The number of halogens is 1. The third kappa shape index (κ3) is 2.57. The van der Waals surface area contributed by atoms with E-state index in [0.29, 0.717) is 17.9 Å². The van der Waals surface area contributed by atoms with E-state index in [4.69, 9.17) is 5.73 Å². The summed E-state index contributed by atoms with van der Waals surface area (Å²) in [6.07, 6.45) is 0. The molecule has 0 unspecified atom stereocenters. The van der Waals surface area contributed by atoms with Gasteiger partial charge in [0.1, 0.15) is 5.69 Å². The van der Waals surface area contributed by atoms with Gasteiger partial charge in [0.15, 0.2) is 0 Å². The summed E-state index contributed by atoms with van der Waals surface area (Å²) in [5.74, 6) is -0.125. The molecule has 1 amide bonds. The Bertz CT molecular complexity index is 778. The third-order valence-electron chi connectivity index (χ3n) is 2.99. The molecule has 0 fully saturated rings. The molecule has 0 atom stereocenters. The highest BCUT2D eigenvalue weighted by Crippen LogP contribution is 2.22. The number of anilines is 1. The second kappa shape index (κ2) is 5.30. The number of rotatable bonds is 3. The van der Waals surface area contributed by atoms with E-state index in [1.165, 1.54) is 0 Å². The maximum Gasteiger partial charge on any atom is 0.268 e. The van der Waals surface area contributed by atoms with E-state index in [-0.39, 0.29) is 5.91 Å². The lowest BCUT2D eigenvalue weighted by molar-refractivity contribution is 0.0947. The molecule has 3 aromatic rings. The number of carbonyl (C=O) groups is 1. The first kappa shape index (κ1) is 13.2. The number of nitrogen functional groups attached to an aromatic ring is 1. The Morgan fingerprint density at radius 2 is 2.20 bits per heavy atom. The third-order valence-corrected chi connectivity index (χ3v) is 4.92. The van der Waals surface area contributed by atoms with Gasteiger partial charge >= 0.3 is 0 Å². The standard InChI is InChI=1S/C14H12BrN3OS/c15-10-3-4-20-13(10)7-17-14(19)12-6-8-5-9(16)1-2-11(8)18-12/h1-6,18H,7,16H2,(H,17,19). The van der Waals surface area contributed by atoms with Gasteiger partial charge in [0.25, 0.3) is 5.91 Å². The Hall–Kier alpha value is -1.79. The van der Waals surface area contributed by atoms with Crippen molar-refractivity contribution in [2.75, 3.05) is 5.73 Å². The van der Waals surface area contributed by atoms with Crippen molar-refractivity contribution in [1.82, 2.24) is 10.3 Å². The van der Waals surface area contributed by atoms with Crippen LogP contribution in [0.3, 0.4) is 0 Å². The van der Waals surface area contributed by atoms with Gasteiger partial charge in [-0.25, -0.2) is 0 Å². The number of hydrogen-bond acceptors (Lipinski definition) is 3. The van der Waals surface area contributed by atoms with E-state index in [1.54, 1.807) is 11.3 Å². The molecule has 2 heterocycles. The number of aromatic nitrogens is 1.